The van der Waals surface area contributed by atoms with Crippen molar-refractivity contribution >= 4 is 23.5 Å². The standard InChI is InChI=1S/C26H30N4O3/c1-5-7-20-9-11-21(12-10-20)26(4)24(32)30(25(33)28-26)17-23(31)29(15-6-14-27)22-13-8-18(2)19(3)16-22/h8-13,16H,5-7,15,17H2,1-4H3,(H,28,33). The van der Waals surface area contributed by atoms with Gasteiger partial charge in [-0.2, -0.15) is 5.26 Å². The van der Waals surface area contributed by atoms with Gasteiger partial charge in [-0.25, -0.2) is 4.79 Å². The van der Waals surface area contributed by atoms with Crippen LogP contribution in [0.4, 0.5) is 10.5 Å². The Morgan fingerprint density at radius 1 is 1.12 bits per heavy atom. The number of benzene rings is 2. The van der Waals surface area contributed by atoms with E-state index in [0.29, 0.717) is 11.3 Å². The third-order valence-electron chi connectivity index (χ3n) is 6.19. The summed E-state index contributed by atoms with van der Waals surface area (Å²) in [6, 6.07) is 14.7. The number of imide groups is 1. The lowest BCUT2D eigenvalue weighted by Crippen LogP contribution is -2.45. The van der Waals surface area contributed by atoms with Gasteiger partial charge in [-0.1, -0.05) is 43.7 Å². The number of hydrogen-bond acceptors (Lipinski definition) is 4. The van der Waals surface area contributed by atoms with Crippen LogP contribution in [0.5, 0.6) is 0 Å². The Balaban J connectivity index is 1.82. The maximum absolute atomic E-state index is 13.3. The summed E-state index contributed by atoms with van der Waals surface area (Å²) in [7, 11) is 0. The number of amides is 4. The van der Waals surface area contributed by atoms with E-state index in [9.17, 15) is 14.4 Å². The molecule has 33 heavy (non-hydrogen) atoms. The van der Waals surface area contributed by atoms with Gasteiger partial charge < -0.3 is 10.2 Å². The maximum Gasteiger partial charge on any atom is 0.325 e. The predicted octanol–water partition coefficient (Wildman–Crippen LogP) is 3.97. The lowest BCUT2D eigenvalue weighted by Gasteiger charge is -2.25. The van der Waals surface area contributed by atoms with Crippen molar-refractivity contribution in [2.75, 3.05) is 18.0 Å². The molecule has 1 N–H and O–H groups in total. The minimum atomic E-state index is -1.24. The van der Waals surface area contributed by atoms with Gasteiger partial charge in [0.2, 0.25) is 5.91 Å². The summed E-state index contributed by atoms with van der Waals surface area (Å²) in [4.78, 5) is 41.6. The summed E-state index contributed by atoms with van der Waals surface area (Å²) in [6.45, 7) is 7.46. The van der Waals surface area contributed by atoms with E-state index < -0.39 is 29.9 Å². The quantitative estimate of drug-likeness (QED) is 0.621. The van der Waals surface area contributed by atoms with E-state index in [4.69, 9.17) is 5.26 Å². The van der Waals surface area contributed by atoms with Crippen LogP contribution in [0.15, 0.2) is 42.5 Å². The highest BCUT2D eigenvalue weighted by atomic mass is 16.2. The second-order valence-electron chi connectivity index (χ2n) is 8.62. The molecule has 1 atom stereocenters. The Labute approximate surface area is 195 Å². The van der Waals surface area contributed by atoms with Crippen LogP contribution in [0.1, 0.15) is 48.9 Å². The summed E-state index contributed by atoms with van der Waals surface area (Å²) in [5.41, 5.74) is 3.33. The van der Waals surface area contributed by atoms with Gasteiger partial charge in [-0.05, 0) is 61.6 Å². The highest BCUT2D eigenvalue weighted by molar-refractivity contribution is 6.10. The van der Waals surface area contributed by atoms with Gasteiger partial charge in [-0.3, -0.25) is 14.5 Å². The van der Waals surface area contributed by atoms with Crippen molar-refractivity contribution in [1.29, 1.82) is 5.26 Å². The molecule has 1 fully saturated rings. The van der Waals surface area contributed by atoms with Crippen LogP contribution in [0.3, 0.4) is 0 Å². The molecule has 1 saturated heterocycles. The fourth-order valence-corrected chi connectivity index (χ4v) is 4.00. The first-order valence-electron chi connectivity index (χ1n) is 11.2. The molecule has 1 aliphatic heterocycles. The molecule has 0 bridgehead atoms. The minimum absolute atomic E-state index is 0.140. The van der Waals surface area contributed by atoms with Crippen LogP contribution in [0.2, 0.25) is 0 Å². The number of hydrogen-bond donors (Lipinski definition) is 1. The molecule has 1 aliphatic rings. The second-order valence-corrected chi connectivity index (χ2v) is 8.62. The molecule has 0 spiro atoms. The Morgan fingerprint density at radius 2 is 1.82 bits per heavy atom. The first-order chi connectivity index (χ1) is 15.7. The van der Waals surface area contributed by atoms with Crippen molar-refractivity contribution < 1.29 is 14.4 Å². The Morgan fingerprint density at radius 3 is 2.42 bits per heavy atom. The number of rotatable bonds is 8. The average molecular weight is 447 g/mol. The normalized spacial score (nSPS) is 17.6. The van der Waals surface area contributed by atoms with Crippen molar-refractivity contribution in [1.82, 2.24) is 10.2 Å². The van der Waals surface area contributed by atoms with Crippen LogP contribution in [-0.4, -0.2) is 35.8 Å². The smallest absolute Gasteiger partial charge is 0.319 e. The first-order valence-corrected chi connectivity index (χ1v) is 11.2. The predicted molar refractivity (Wildman–Crippen MR) is 127 cm³/mol. The van der Waals surface area contributed by atoms with Crippen molar-refractivity contribution in [2.24, 2.45) is 0 Å². The van der Waals surface area contributed by atoms with E-state index in [0.717, 1.165) is 34.4 Å². The molecule has 0 aromatic heterocycles. The zero-order valence-corrected chi connectivity index (χ0v) is 19.6. The summed E-state index contributed by atoms with van der Waals surface area (Å²) in [5, 5.41) is 11.8. The van der Waals surface area contributed by atoms with Crippen molar-refractivity contribution in [3.05, 3.63) is 64.7 Å². The summed E-state index contributed by atoms with van der Waals surface area (Å²) in [5.74, 6) is -0.885. The van der Waals surface area contributed by atoms with Gasteiger partial charge in [0, 0.05) is 12.2 Å². The first kappa shape index (κ1) is 24.0. The molecule has 172 valence electrons. The van der Waals surface area contributed by atoms with E-state index >= 15 is 0 Å². The van der Waals surface area contributed by atoms with Gasteiger partial charge in [0.05, 0.1) is 12.5 Å². The van der Waals surface area contributed by atoms with E-state index in [1.807, 2.05) is 56.3 Å². The molecule has 2 aromatic carbocycles. The number of nitriles is 1. The van der Waals surface area contributed by atoms with Crippen molar-refractivity contribution in [3.63, 3.8) is 0 Å². The number of aryl methyl sites for hydroxylation is 3. The van der Waals surface area contributed by atoms with Gasteiger partial charge in [0.15, 0.2) is 0 Å². The summed E-state index contributed by atoms with van der Waals surface area (Å²) < 4.78 is 0. The topological polar surface area (TPSA) is 93.5 Å². The lowest BCUT2D eigenvalue weighted by molar-refractivity contribution is -0.134. The molecule has 3 rings (SSSR count). The maximum atomic E-state index is 13.3. The lowest BCUT2D eigenvalue weighted by atomic mass is 9.91. The van der Waals surface area contributed by atoms with Crippen LogP contribution >= 0.6 is 0 Å². The van der Waals surface area contributed by atoms with Gasteiger partial charge >= 0.3 is 6.03 Å². The molecule has 7 heteroatoms. The number of urea groups is 1. The monoisotopic (exact) mass is 446 g/mol. The van der Waals surface area contributed by atoms with Crippen LogP contribution in [0, 0.1) is 25.2 Å². The number of carbonyl (C=O) groups is 3. The molecular formula is C26H30N4O3. The van der Waals surface area contributed by atoms with Crippen LogP contribution < -0.4 is 10.2 Å². The summed E-state index contributed by atoms with van der Waals surface area (Å²) >= 11 is 0. The minimum Gasteiger partial charge on any atom is -0.319 e. The van der Waals surface area contributed by atoms with Gasteiger partial charge in [-0.15, -0.1) is 0 Å². The molecule has 0 radical (unpaired) electrons. The molecule has 7 nitrogen and oxygen atoms in total. The van der Waals surface area contributed by atoms with E-state index in [1.165, 1.54) is 4.90 Å². The highest BCUT2D eigenvalue weighted by Crippen LogP contribution is 2.29. The molecular weight excluding hydrogens is 416 g/mol. The Kier molecular flexibility index (Phi) is 7.17. The SMILES string of the molecule is CCCc1ccc(C2(C)NC(=O)N(CC(=O)N(CCC#N)c3ccc(C)c(C)c3)C2=O)cc1. The average Bonchev–Trinajstić information content (AvgIpc) is 3.01. The fraction of sp³-hybridized carbons (Fsp3) is 0.385. The number of nitrogens with one attached hydrogen (secondary N) is 1. The van der Waals surface area contributed by atoms with Crippen molar-refractivity contribution in [3.8, 4) is 6.07 Å². The zero-order valence-electron chi connectivity index (χ0n) is 19.6. The van der Waals surface area contributed by atoms with Gasteiger partial charge in [0.25, 0.3) is 5.91 Å². The number of nitrogens with zero attached hydrogens (tertiary/aromatic N) is 3. The molecule has 0 aliphatic carbocycles. The van der Waals surface area contributed by atoms with E-state index in [1.54, 1.807) is 6.92 Å². The van der Waals surface area contributed by atoms with Crippen LogP contribution in [0.25, 0.3) is 0 Å². The Bertz CT molecular complexity index is 1100. The molecule has 1 heterocycles. The molecule has 1 unspecified atom stereocenters. The summed E-state index contributed by atoms with van der Waals surface area (Å²) in [6.07, 6.45) is 2.10. The van der Waals surface area contributed by atoms with Gasteiger partial charge in [0.1, 0.15) is 12.1 Å². The molecule has 0 saturated carbocycles. The number of anilines is 1. The second kappa shape index (κ2) is 9.86. The van der Waals surface area contributed by atoms with E-state index in [2.05, 4.69) is 18.3 Å². The third kappa shape index (κ3) is 4.90. The fourth-order valence-electron chi connectivity index (χ4n) is 4.00. The highest BCUT2D eigenvalue weighted by Gasteiger charge is 2.49. The zero-order chi connectivity index (χ0) is 24.2. The third-order valence-corrected chi connectivity index (χ3v) is 6.19. The largest absolute Gasteiger partial charge is 0.325 e. The van der Waals surface area contributed by atoms with E-state index in [-0.39, 0.29) is 13.0 Å². The molecule has 4 amide bonds. The van der Waals surface area contributed by atoms with Crippen molar-refractivity contribution in [2.45, 2.75) is 52.5 Å². The van der Waals surface area contributed by atoms with Crippen LogP contribution in [-0.2, 0) is 21.5 Å². The Hall–Kier alpha value is -3.66. The number of carbonyl (C=O) groups excluding carboxylic acids is 3. The molecule has 2 aromatic rings.